The van der Waals surface area contributed by atoms with Gasteiger partial charge in [0.15, 0.2) is 0 Å². The Bertz CT molecular complexity index is 299. The SMILES string of the molecule is CO[C@@H]1C[C@@H](c2ccccc2)CC[C@@H]1N. The van der Waals surface area contributed by atoms with Gasteiger partial charge in [-0.3, -0.25) is 0 Å². The van der Waals surface area contributed by atoms with Gasteiger partial charge < -0.3 is 10.5 Å². The summed E-state index contributed by atoms with van der Waals surface area (Å²) in [6, 6.07) is 10.9. The van der Waals surface area contributed by atoms with E-state index in [1.807, 2.05) is 0 Å². The number of nitrogens with two attached hydrogens (primary N) is 1. The first-order valence-corrected chi connectivity index (χ1v) is 5.64. The van der Waals surface area contributed by atoms with Gasteiger partial charge in [0.25, 0.3) is 0 Å². The van der Waals surface area contributed by atoms with Gasteiger partial charge in [-0.15, -0.1) is 0 Å². The molecule has 0 unspecified atom stereocenters. The summed E-state index contributed by atoms with van der Waals surface area (Å²) < 4.78 is 5.43. The average molecular weight is 205 g/mol. The van der Waals surface area contributed by atoms with Crippen LogP contribution in [0.3, 0.4) is 0 Å². The first-order valence-electron chi connectivity index (χ1n) is 5.64. The lowest BCUT2D eigenvalue weighted by molar-refractivity contribution is 0.0472. The summed E-state index contributed by atoms with van der Waals surface area (Å²) in [6.07, 6.45) is 3.54. The number of ether oxygens (including phenoxy) is 1. The van der Waals surface area contributed by atoms with Crippen molar-refractivity contribution in [1.29, 1.82) is 0 Å². The number of rotatable bonds is 2. The van der Waals surface area contributed by atoms with Gasteiger partial charge >= 0.3 is 0 Å². The van der Waals surface area contributed by atoms with E-state index < -0.39 is 0 Å². The number of hydrogen-bond donors (Lipinski definition) is 1. The van der Waals surface area contributed by atoms with Crippen molar-refractivity contribution in [2.75, 3.05) is 7.11 Å². The number of benzene rings is 1. The summed E-state index contributed by atoms with van der Waals surface area (Å²) in [5.74, 6) is 0.621. The van der Waals surface area contributed by atoms with E-state index in [0.29, 0.717) is 5.92 Å². The van der Waals surface area contributed by atoms with Crippen molar-refractivity contribution in [2.24, 2.45) is 5.73 Å². The van der Waals surface area contributed by atoms with E-state index in [0.717, 1.165) is 12.8 Å². The van der Waals surface area contributed by atoms with Gasteiger partial charge in [0, 0.05) is 13.2 Å². The van der Waals surface area contributed by atoms with Gasteiger partial charge in [0.2, 0.25) is 0 Å². The molecule has 0 aromatic heterocycles. The van der Waals surface area contributed by atoms with Crippen molar-refractivity contribution in [3.8, 4) is 0 Å². The van der Waals surface area contributed by atoms with E-state index in [1.165, 1.54) is 12.0 Å². The zero-order valence-electron chi connectivity index (χ0n) is 9.23. The predicted molar refractivity (Wildman–Crippen MR) is 61.8 cm³/mol. The average Bonchev–Trinajstić information content (AvgIpc) is 2.31. The van der Waals surface area contributed by atoms with Gasteiger partial charge in [-0.05, 0) is 30.7 Å². The molecule has 15 heavy (non-hydrogen) atoms. The maximum absolute atomic E-state index is 6.00. The van der Waals surface area contributed by atoms with Crippen LogP contribution in [0.5, 0.6) is 0 Å². The third-order valence-corrected chi connectivity index (χ3v) is 3.42. The third kappa shape index (κ3) is 2.39. The topological polar surface area (TPSA) is 35.2 Å². The van der Waals surface area contributed by atoms with Gasteiger partial charge in [0.1, 0.15) is 0 Å². The Hall–Kier alpha value is -0.860. The molecule has 2 heteroatoms. The highest BCUT2D eigenvalue weighted by Gasteiger charge is 2.28. The van der Waals surface area contributed by atoms with Crippen molar-refractivity contribution in [2.45, 2.75) is 37.3 Å². The van der Waals surface area contributed by atoms with Crippen molar-refractivity contribution >= 4 is 0 Å². The Morgan fingerprint density at radius 3 is 2.60 bits per heavy atom. The van der Waals surface area contributed by atoms with Crippen LogP contribution in [0.4, 0.5) is 0 Å². The minimum atomic E-state index is 0.218. The zero-order chi connectivity index (χ0) is 10.7. The standard InChI is InChI=1S/C13H19NO/c1-15-13-9-11(7-8-12(13)14)10-5-3-2-4-6-10/h2-6,11-13H,7-9,14H2,1H3/t11-,12-,13+/m0/s1. The molecule has 1 aromatic carbocycles. The van der Waals surface area contributed by atoms with Crippen molar-refractivity contribution in [1.82, 2.24) is 0 Å². The van der Waals surface area contributed by atoms with Crippen LogP contribution in [0.25, 0.3) is 0 Å². The fourth-order valence-electron chi connectivity index (χ4n) is 2.45. The Morgan fingerprint density at radius 2 is 1.93 bits per heavy atom. The fraction of sp³-hybridized carbons (Fsp3) is 0.538. The van der Waals surface area contributed by atoms with Gasteiger partial charge in [0.05, 0.1) is 6.10 Å². The lowest BCUT2D eigenvalue weighted by Crippen LogP contribution is -2.40. The smallest absolute Gasteiger partial charge is 0.0727 e. The second-order valence-corrected chi connectivity index (χ2v) is 4.36. The minimum absolute atomic E-state index is 0.218. The van der Waals surface area contributed by atoms with Crippen molar-refractivity contribution in [3.05, 3.63) is 35.9 Å². The molecule has 0 heterocycles. The molecule has 2 rings (SSSR count). The van der Waals surface area contributed by atoms with Crippen LogP contribution in [0, 0.1) is 0 Å². The largest absolute Gasteiger partial charge is 0.380 e. The van der Waals surface area contributed by atoms with Gasteiger partial charge in [-0.2, -0.15) is 0 Å². The predicted octanol–water partition coefficient (Wildman–Crippen LogP) is 2.30. The number of hydrogen-bond acceptors (Lipinski definition) is 2. The molecule has 2 nitrogen and oxygen atoms in total. The molecule has 3 atom stereocenters. The fourth-order valence-corrected chi connectivity index (χ4v) is 2.45. The van der Waals surface area contributed by atoms with E-state index in [1.54, 1.807) is 7.11 Å². The van der Waals surface area contributed by atoms with E-state index in [9.17, 15) is 0 Å². The summed E-state index contributed by atoms with van der Waals surface area (Å²) in [5, 5.41) is 0. The summed E-state index contributed by atoms with van der Waals surface area (Å²) in [4.78, 5) is 0. The molecule has 0 bridgehead atoms. The van der Waals surface area contributed by atoms with Crippen LogP contribution in [0.1, 0.15) is 30.7 Å². The highest BCUT2D eigenvalue weighted by Crippen LogP contribution is 2.33. The molecule has 2 N–H and O–H groups in total. The van der Waals surface area contributed by atoms with Crippen LogP contribution < -0.4 is 5.73 Å². The van der Waals surface area contributed by atoms with Crippen LogP contribution >= 0.6 is 0 Å². The van der Waals surface area contributed by atoms with Crippen LogP contribution in [-0.2, 0) is 4.74 Å². The second kappa shape index (κ2) is 4.77. The zero-order valence-corrected chi connectivity index (χ0v) is 9.23. The summed E-state index contributed by atoms with van der Waals surface area (Å²) in [6.45, 7) is 0. The minimum Gasteiger partial charge on any atom is -0.380 e. The van der Waals surface area contributed by atoms with Crippen LogP contribution in [0.15, 0.2) is 30.3 Å². The molecule has 1 aromatic rings. The van der Waals surface area contributed by atoms with Crippen molar-refractivity contribution < 1.29 is 4.74 Å². The second-order valence-electron chi connectivity index (χ2n) is 4.36. The molecule has 1 saturated carbocycles. The Kier molecular flexibility index (Phi) is 3.39. The van der Waals surface area contributed by atoms with Gasteiger partial charge in [-0.25, -0.2) is 0 Å². The van der Waals surface area contributed by atoms with E-state index >= 15 is 0 Å². The molecule has 0 radical (unpaired) electrons. The number of methoxy groups -OCH3 is 1. The summed E-state index contributed by atoms with van der Waals surface area (Å²) >= 11 is 0. The molecule has 82 valence electrons. The molecule has 1 aliphatic rings. The van der Waals surface area contributed by atoms with E-state index in [2.05, 4.69) is 30.3 Å². The Morgan fingerprint density at radius 1 is 1.20 bits per heavy atom. The van der Waals surface area contributed by atoms with E-state index in [-0.39, 0.29) is 12.1 Å². The quantitative estimate of drug-likeness (QED) is 0.804. The monoisotopic (exact) mass is 205 g/mol. The molecule has 0 aliphatic heterocycles. The van der Waals surface area contributed by atoms with Crippen LogP contribution in [0.2, 0.25) is 0 Å². The molecular weight excluding hydrogens is 186 g/mol. The van der Waals surface area contributed by atoms with Gasteiger partial charge in [-0.1, -0.05) is 30.3 Å². The molecule has 1 fully saturated rings. The maximum atomic E-state index is 6.00. The summed E-state index contributed by atoms with van der Waals surface area (Å²) in [7, 11) is 1.76. The Labute approximate surface area is 91.4 Å². The molecule has 1 aliphatic carbocycles. The Balaban J connectivity index is 2.06. The van der Waals surface area contributed by atoms with Crippen LogP contribution in [-0.4, -0.2) is 19.3 Å². The lowest BCUT2D eigenvalue weighted by Gasteiger charge is -2.33. The molecule has 0 amide bonds. The van der Waals surface area contributed by atoms with Crippen molar-refractivity contribution in [3.63, 3.8) is 0 Å². The maximum Gasteiger partial charge on any atom is 0.0727 e. The molecular formula is C13H19NO. The molecule has 0 spiro atoms. The molecule has 0 saturated heterocycles. The highest BCUT2D eigenvalue weighted by atomic mass is 16.5. The third-order valence-electron chi connectivity index (χ3n) is 3.42. The first-order chi connectivity index (χ1) is 7.31. The lowest BCUT2D eigenvalue weighted by atomic mass is 9.80. The van der Waals surface area contributed by atoms with E-state index in [4.69, 9.17) is 10.5 Å². The summed E-state index contributed by atoms with van der Waals surface area (Å²) in [5.41, 5.74) is 7.43. The highest BCUT2D eigenvalue weighted by molar-refractivity contribution is 5.20. The normalized spacial score (nSPS) is 31.5. The first kappa shape index (κ1) is 10.7.